The highest BCUT2D eigenvalue weighted by Crippen LogP contribution is 2.23. The lowest BCUT2D eigenvalue weighted by Gasteiger charge is -2.32. The molecule has 0 bridgehead atoms. The molecule has 1 aromatic carbocycles. The summed E-state index contributed by atoms with van der Waals surface area (Å²) in [7, 11) is 2.01. The van der Waals surface area contributed by atoms with E-state index in [0.29, 0.717) is 6.04 Å². The van der Waals surface area contributed by atoms with Gasteiger partial charge in [-0.15, -0.1) is 10.2 Å². The summed E-state index contributed by atoms with van der Waals surface area (Å²) in [5, 5.41) is 12.0. The van der Waals surface area contributed by atoms with E-state index in [2.05, 4.69) is 66.6 Å². The van der Waals surface area contributed by atoms with Crippen LogP contribution in [0.4, 0.5) is 0 Å². The van der Waals surface area contributed by atoms with Gasteiger partial charge < -0.3 is 9.88 Å². The standard InChI is InChI=1S/C17H26N4/c1-13-19-20-16(21(13)5)12-18-15(17(2,3)4)11-14-9-7-6-8-10-14/h6-10,15,18H,11-12H2,1-5H3/t15-/m0/s1. The zero-order valence-corrected chi connectivity index (χ0v) is 13.7. The Labute approximate surface area is 127 Å². The largest absolute Gasteiger partial charge is 0.317 e. The van der Waals surface area contributed by atoms with Crippen LogP contribution in [0.3, 0.4) is 0 Å². The van der Waals surface area contributed by atoms with E-state index in [1.165, 1.54) is 5.56 Å². The highest BCUT2D eigenvalue weighted by molar-refractivity contribution is 5.16. The molecule has 4 nitrogen and oxygen atoms in total. The summed E-state index contributed by atoms with van der Waals surface area (Å²) in [5.41, 5.74) is 1.54. The van der Waals surface area contributed by atoms with Gasteiger partial charge in [0.1, 0.15) is 11.6 Å². The second-order valence-electron chi connectivity index (χ2n) is 6.71. The molecule has 2 rings (SSSR count). The zero-order chi connectivity index (χ0) is 15.5. The van der Waals surface area contributed by atoms with Crippen molar-refractivity contribution in [3.63, 3.8) is 0 Å². The van der Waals surface area contributed by atoms with E-state index in [-0.39, 0.29) is 5.41 Å². The summed E-state index contributed by atoms with van der Waals surface area (Å²) in [6, 6.07) is 11.0. The SMILES string of the molecule is Cc1nnc(CN[C@@H](Cc2ccccc2)C(C)(C)C)n1C. The Kier molecular flexibility index (Phi) is 4.78. The highest BCUT2D eigenvalue weighted by atomic mass is 15.3. The zero-order valence-electron chi connectivity index (χ0n) is 13.7. The molecule has 0 spiro atoms. The molecule has 21 heavy (non-hydrogen) atoms. The van der Waals surface area contributed by atoms with Crippen LogP contribution < -0.4 is 5.32 Å². The van der Waals surface area contributed by atoms with Crippen molar-refractivity contribution in [1.82, 2.24) is 20.1 Å². The predicted molar refractivity (Wildman–Crippen MR) is 86.0 cm³/mol. The fourth-order valence-electron chi connectivity index (χ4n) is 2.35. The quantitative estimate of drug-likeness (QED) is 0.919. The topological polar surface area (TPSA) is 42.7 Å². The lowest BCUT2D eigenvalue weighted by molar-refractivity contribution is 0.262. The minimum Gasteiger partial charge on any atom is -0.317 e. The van der Waals surface area contributed by atoms with Crippen molar-refractivity contribution in [2.24, 2.45) is 12.5 Å². The molecular weight excluding hydrogens is 260 g/mol. The lowest BCUT2D eigenvalue weighted by Crippen LogP contribution is -2.42. The minimum atomic E-state index is 0.184. The van der Waals surface area contributed by atoms with Crippen LogP contribution >= 0.6 is 0 Å². The molecule has 0 saturated carbocycles. The first-order valence-corrected chi connectivity index (χ1v) is 7.50. The fraction of sp³-hybridized carbons (Fsp3) is 0.529. The van der Waals surface area contributed by atoms with Gasteiger partial charge in [0, 0.05) is 13.1 Å². The Morgan fingerprint density at radius 1 is 1.14 bits per heavy atom. The fourth-order valence-corrected chi connectivity index (χ4v) is 2.35. The van der Waals surface area contributed by atoms with Crippen LogP contribution in [-0.2, 0) is 20.0 Å². The first kappa shape index (κ1) is 15.7. The molecule has 0 fully saturated rings. The molecule has 0 aliphatic heterocycles. The van der Waals surface area contributed by atoms with Crippen LogP contribution in [0.25, 0.3) is 0 Å². The average Bonchev–Trinajstić information content (AvgIpc) is 2.75. The third-order valence-electron chi connectivity index (χ3n) is 4.02. The van der Waals surface area contributed by atoms with Gasteiger partial charge in [0.05, 0.1) is 6.54 Å². The lowest BCUT2D eigenvalue weighted by atomic mass is 9.83. The highest BCUT2D eigenvalue weighted by Gasteiger charge is 2.24. The maximum Gasteiger partial charge on any atom is 0.146 e. The van der Waals surface area contributed by atoms with Crippen LogP contribution in [0, 0.1) is 12.3 Å². The summed E-state index contributed by atoms with van der Waals surface area (Å²) < 4.78 is 2.04. The Balaban J connectivity index is 2.05. The molecule has 0 amide bonds. The van der Waals surface area contributed by atoms with E-state index in [1.807, 2.05) is 18.5 Å². The average molecular weight is 286 g/mol. The summed E-state index contributed by atoms with van der Waals surface area (Å²) in [4.78, 5) is 0. The molecule has 114 valence electrons. The van der Waals surface area contributed by atoms with Gasteiger partial charge >= 0.3 is 0 Å². The van der Waals surface area contributed by atoms with Crippen molar-refractivity contribution in [2.45, 2.75) is 46.7 Å². The van der Waals surface area contributed by atoms with E-state index in [9.17, 15) is 0 Å². The first-order valence-electron chi connectivity index (χ1n) is 7.50. The van der Waals surface area contributed by atoms with Crippen molar-refractivity contribution in [1.29, 1.82) is 0 Å². The summed E-state index contributed by atoms with van der Waals surface area (Å²) in [6.07, 6.45) is 1.02. The molecule has 0 unspecified atom stereocenters. The number of hydrogen-bond donors (Lipinski definition) is 1. The molecule has 0 radical (unpaired) electrons. The van der Waals surface area contributed by atoms with Crippen molar-refractivity contribution in [2.75, 3.05) is 0 Å². The number of rotatable bonds is 5. The van der Waals surface area contributed by atoms with Gasteiger partial charge in [0.25, 0.3) is 0 Å². The summed E-state index contributed by atoms with van der Waals surface area (Å²) in [6.45, 7) is 9.54. The van der Waals surface area contributed by atoms with Crippen molar-refractivity contribution < 1.29 is 0 Å². The molecule has 4 heteroatoms. The van der Waals surface area contributed by atoms with Gasteiger partial charge in [-0.05, 0) is 24.3 Å². The van der Waals surface area contributed by atoms with Crippen LogP contribution in [0.15, 0.2) is 30.3 Å². The maximum atomic E-state index is 4.23. The van der Waals surface area contributed by atoms with E-state index < -0.39 is 0 Å². The van der Waals surface area contributed by atoms with Crippen molar-refractivity contribution in [3.8, 4) is 0 Å². The molecule has 2 aromatic rings. The molecular formula is C17H26N4. The van der Waals surface area contributed by atoms with Gasteiger partial charge in [0.2, 0.25) is 0 Å². The first-order chi connectivity index (χ1) is 9.88. The van der Waals surface area contributed by atoms with E-state index in [1.54, 1.807) is 0 Å². The number of nitrogens with zero attached hydrogens (tertiary/aromatic N) is 3. The number of hydrogen-bond acceptors (Lipinski definition) is 3. The van der Waals surface area contributed by atoms with Gasteiger partial charge in [-0.3, -0.25) is 0 Å². The second-order valence-corrected chi connectivity index (χ2v) is 6.71. The van der Waals surface area contributed by atoms with E-state index in [0.717, 1.165) is 24.6 Å². The third kappa shape index (κ3) is 4.14. The number of nitrogens with one attached hydrogen (secondary N) is 1. The number of aryl methyl sites for hydroxylation is 1. The van der Waals surface area contributed by atoms with E-state index in [4.69, 9.17) is 0 Å². The summed E-state index contributed by atoms with van der Waals surface area (Å²) >= 11 is 0. The molecule has 1 atom stereocenters. The third-order valence-corrected chi connectivity index (χ3v) is 4.02. The molecule has 1 N–H and O–H groups in total. The maximum absolute atomic E-state index is 4.23. The predicted octanol–water partition coefficient (Wildman–Crippen LogP) is 2.87. The van der Waals surface area contributed by atoms with Gasteiger partial charge in [0.15, 0.2) is 0 Å². The van der Waals surface area contributed by atoms with Crippen LogP contribution in [-0.4, -0.2) is 20.8 Å². The molecule has 0 aliphatic carbocycles. The Bertz CT molecular complexity index is 566. The van der Waals surface area contributed by atoms with Crippen molar-refractivity contribution in [3.05, 3.63) is 47.5 Å². The van der Waals surface area contributed by atoms with E-state index >= 15 is 0 Å². The van der Waals surface area contributed by atoms with Gasteiger partial charge in [-0.1, -0.05) is 51.1 Å². The smallest absolute Gasteiger partial charge is 0.146 e. The number of aromatic nitrogens is 3. The second kappa shape index (κ2) is 6.39. The molecule has 0 saturated heterocycles. The van der Waals surface area contributed by atoms with Crippen molar-refractivity contribution >= 4 is 0 Å². The normalized spacial score (nSPS) is 13.4. The molecule has 1 aromatic heterocycles. The monoisotopic (exact) mass is 286 g/mol. The number of benzene rings is 1. The summed E-state index contributed by atoms with van der Waals surface area (Å²) in [5.74, 6) is 1.93. The Morgan fingerprint density at radius 3 is 2.33 bits per heavy atom. The van der Waals surface area contributed by atoms with Gasteiger partial charge in [-0.2, -0.15) is 0 Å². The van der Waals surface area contributed by atoms with Gasteiger partial charge in [-0.25, -0.2) is 0 Å². The van der Waals surface area contributed by atoms with Crippen LogP contribution in [0.5, 0.6) is 0 Å². The Hall–Kier alpha value is -1.68. The van der Waals surface area contributed by atoms with Crippen LogP contribution in [0.1, 0.15) is 38.0 Å². The molecule has 0 aliphatic rings. The Morgan fingerprint density at radius 2 is 1.81 bits per heavy atom. The van der Waals surface area contributed by atoms with Crippen LogP contribution in [0.2, 0.25) is 0 Å². The molecule has 1 heterocycles. The minimum absolute atomic E-state index is 0.184.